The molecule has 2 aromatic rings. The molecule has 3 rings (SSSR count). The summed E-state index contributed by atoms with van der Waals surface area (Å²) >= 11 is 3.48. The van der Waals surface area contributed by atoms with Gasteiger partial charge in [-0.2, -0.15) is 0 Å². The Hall–Kier alpha value is -2.21. The van der Waals surface area contributed by atoms with Gasteiger partial charge in [0.1, 0.15) is 11.5 Å². The zero-order valence-electron chi connectivity index (χ0n) is 14.2. The molecule has 1 atom stereocenters. The van der Waals surface area contributed by atoms with E-state index in [4.69, 9.17) is 9.47 Å². The number of methoxy groups -OCH3 is 2. The first-order chi connectivity index (χ1) is 12.0. The minimum Gasteiger partial charge on any atom is -0.497 e. The number of carboxylic acid groups (broad SMARTS) is 1. The molecular formula is C19H20BrNO4. The van der Waals surface area contributed by atoms with E-state index in [-0.39, 0.29) is 12.6 Å². The molecule has 1 amide bonds. The van der Waals surface area contributed by atoms with E-state index >= 15 is 0 Å². The number of hydrogen-bond acceptors (Lipinski definition) is 3. The minimum absolute atomic E-state index is 0.0754. The second kappa shape index (κ2) is 7.35. The SMILES string of the molecule is COc1ccc(CN(C(=O)O)C2Cc3ccc(Br)cc3C2)c(OC)c1. The van der Waals surface area contributed by atoms with E-state index in [2.05, 4.69) is 28.1 Å². The van der Waals surface area contributed by atoms with E-state index < -0.39 is 6.09 Å². The van der Waals surface area contributed by atoms with Gasteiger partial charge in [0.2, 0.25) is 0 Å². The van der Waals surface area contributed by atoms with Crippen LogP contribution >= 0.6 is 15.9 Å². The highest BCUT2D eigenvalue weighted by atomic mass is 79.9. The van der Waals surface area contributed by atoms with Gasteiger partial charge in [-0.1, -0.05) is 22.0 Å². The van der Waals surface area contributed by atoms with E-state index in [0.29, 0.717) is 11.5 Å². The lowest BCUT2D eigenvalue weighted by atomic mass is 10.1. The van der Waals surface area contributed by atoms with Crippen molar-refractivity contribution < 1.29 is 19.4 Å². The number of benzene rings is 2. The number of halogens is 1. The quantitative estimate of drug-likeness (QED) is 0.812. The average molecular weight is 406 g/mol. The molecule has 1 aliphatic rings. The second-order valence-corrected chi connectivity index (χ2v) is 6.98. The van der Waals surface area contributed by atoms with Gasteiger partial charge in [-0.05, 0) is 48.2 Å². The van der Waals surface area contributed by atoms with Crippen LogP contribution in [0.5, 0.6) is 11.5 Å². The van der Waals surface area contributed by atoms with Crippen LogP contribution in [-0.4, -0.2) is 36.4 Å². The third kappa shape index (κ3) is 3.74. The normalized spacial score (nSPS) is 15.6. The average Bonchev–Trinajstić information content (AvgIpc) is 3.01. The van der Waals surface area contributed by atoms with Crippen LogP contribution in [0.2, 0.25) is 0 Å². The van der Waals surface area contributed by atoms with Crippen molar-refractivity contribution in [3.05, 3.63) is 57.6 Å². The minimum atomic E-state index is -0.922. The summed E-state index contributed by atoms with van der Waals surface area (Å²) in [7, 11) is 3.16. The van der Waals surface area contributed by atoms with Crippen molar-refractivity contribution in [2.24, 2.45) is 0 Å². The van der Waals surface area contributed by atoms with Gasteiger partial charge >= 0.3 is 6.09 Å². The van der Waals surface area contributed by atoms with Crippen molar-refractivity contribution in [3.8, 4) is 11.5 Å². The van der Waals surface area contributed by atoms with Crippen LogP contribution in [0, 0.1) is 0 Å². The molecule has 0 aromatic heterocycles. The van der Waals surface area contributed by atoms with Crippen molar-refractivity contribution >= 4 is 22.0 Å². The zero-order valence-corrected chi connectivity index (χ0v) is 15.7. The van der Waals surface area contributed by atoms with E-state index in [9.17, 15) is 9.90 Å². The molecule has 6 heteroatoms. The fraction of sp³-hybridized carbons (Fsp3) is 0.316. The van der Waals surface area contributed by atoms with Crippen molar-refractivity contribution in [1.29, 1.82) is 0 Å². The zero-order chi connectivity index (χ0) is 18.0. The summed E-state index contributed by atoms with van der Waals surface area (Å²) in [4.78, 5) is 13.4. The molecule has 0 radical (unpaired) electrons. The largest absolute Gasteiger partial charge is 0.497 e. The number of nitrogens with zero attached hydrogens (tertiary/aromatic N) is 1. The second-order valence-electron chi connectivity index (χ2n) is 6.06. The first kappa shape index (κ1) is 17.6. The van der Waals surface area contributed by atoms with Crippen LogP contribution in [0.4, 0.5) is 4.79 Å². The van der Waals surface area contributed by atoms with Crippen LogP contribution in [0.15, 0.2) is 40.9 Å². The number of carbonyl (C=O) groups is 1. The van der Waals surface area contributed by atoms with Crippen molar-refractivity contribution in [3.63, 3.8) is 0 Å². The maximum atomic E-state index is 11.9. The van der Waals surface area contributed by atoms with Gasteiger partial charge in [0, 0.05) is 22.1 Å². The van der Waals surface area contributed by atoms with Crippen LogP contribution in [0.3, 0.4) is 0 Å². The first-order valence-electron chi connectivity index (χ1n) is 7.99. The molecule has 0 aliphatic heterocycles. The highest BCUT2D eigenvalue weighted by molar-refractivity contribution is 9.10. The molecule has 0 saturated carbocycles. The molecule has 0 spiro atoms. The predicted molar refractivity (Wildman–Crippen MR) is 98.5 cm³/mol. The van der Waals surface area contributed by atoms with Gasteiger partial charge in [-0.3, -0.25) is 0 Å². The summed E-state index contributed by atoms with van der Waals surface area (Å²) in [5.74, 6) is 1.31. The fourth-order valence-corrected chi connectivity index (χ4v) is 3.71. The van der Waals surface area contributed by atoms with Crippen LogP contribution in [0.25, 0.3) is 0 Å². The molecule has 2 aromatic carbocycles. The molecule has 1 unspecified atom stereocenters. The lowest BCUT2D eigenvalue weighted by Gasteiger charge is -2.27. The molecule has 0 heterocycles. The Morgan fingerprint density at radius 3 is 2.60 bits per heavy atom. The Labute approximate surface area is 155 Å². The molecule has 1 aliphatic carbocycles. The van der Waals surface area contributed by atoms with Crippen LogP contribution in [-0.2, 0) is 19.4 Å². The summed E-state index contributed by atoms with van der Waals surface area (Å²) in [6.45, 7) is 0.280. The molecule has 132 valence electrons. The maximum absolute atomic E-state index is 11.9. The molecule has 0 saturated heterocycles. The third-order valence-electron chi connectivity index (χ3n) is 4.60. The van der Waals surface area contributed by atoms with E-state index in [1.54, 1.807) is 20.3 Å². The Morgan fingerprint density at radius 2 is 1.92 bits per heavy atom. The Morgan fingerprint density at radius 1 is 1.16 bits per heavy atom. The van der Waals surface area contributed by atoms with Crippen LogP contribution in [0.1, 0.15) is 16.7 Å². The van der Waals surface area contributed by atoms with Crippen molar-refractivity contribution in [2.75, 3.05) is 14.2 Å². The number of ether oxygens (including phenoxy) is 2. The van der Waals surface area contributed by atoms with Gasteiger partial charge in [-0.15, -0.1) is 0 Å². The lowest BCUT2D eigenvalue weighted by Crippen LogP contribution is -2.39. The standard InChI is InChI=1S/C19H20BrNO4/c1-24-17-6-4-13(18(10-17)25-2)11-21(19(22)23)16-8-12-3-5-15(20)7-14(12)9-16/h3-7,10,16H,8-9,11H2,1-2H3,(H,22,23). The van der Waals surface area contributed by atoms with Crippen LogP contribution < -0.4 is 9.47 Å². The fourth-order valence-electron chi connectivity index (χ4n) is 3.30. The topological polar surface area (TPSA) is 59.0 Å². The smallest absolute Gasteiger partial charge is 0.407 e. The van der Waals surface area contributed by atoms with E-state index in [0.717, 1.165) is 22.9 Å². The monoisotopic (exact) mass is 405 g/mol. The molecule has 25 heavy (non-hydrogen) atoms. The van der Waals surface area contributed by atoms with E-state index in [1.165, 1.54) is 16.0 Å². The predicted octanol–water partition coefficient (Wildman–Crippen LogP) is 4.11. The third-order valence-corrected chi connectivity index (χ3v) is 5.09. The summed E-state index contributed by atoms with van der Waals surface area (Å²) in [6.07, 6.45) is 0.530. The highest BCUT2D eigenvalue weighted by Crippen LogP contribution is 2.31. The van der Waals surface area contributed by atoms with Crippen molar-refractivity contribution in [2.45, 2.75) is 25.4 Å². The van der Waals surface area contributed by atoms with Gasteiger partial charge in [0.05, 0.1) is 20.8 Å². The summed E-state index contributed by atoms with van der Waals surface area (Å²) in [5.41, 5.74) is 3.23. The number of hydrogen-bond donors (Lipinski definition) is 1. The van der Waals surface area contributed by atoms with Gasteiger partial charge in [-0.25, -0.2) is 4.79 Å². The van der Waals surface area contributed by atoms with Gasteiger partial charge in [0.15, 0.2) is 0 Å². The van der Waals surface area contributed by atoms with Crippen molar-refractivity contribution in [1.82, 2.24) is 4.90 Å². The summed E-state index contributed by atoms with van der Waals surface area (Å²) in [5, 5.41) is 9.74. The Balaban J connectivity index is 1.83. The summed E-state index contributed by atoms with van der Waals surface area (Å²) in [6, 6.07) is 11.5. The van der Waals surface area contributed by atoms with Gasteiger partial charge in [0.25, 0.3) is 0 Å². The highest BCUT2D eigenvalue weighted by Gasteiger charge is 2.30. The number of rotatable bonds is 5. The Bertz CT molecular complexity index is 793. The van der Waals surface area contributed by atoms with Gasteiger partial charge < -0.3 is 19.5 Å². The molecule has 1 N–H and O–H groups in total. The Kier molecular flexibility index (Phi) is 5.18. The molecular weight excluding hydrogens is 386 g/mol. The lowest BCUT2D eigenvalue weighted by molar-refractivity contribution is 0.121. The maximum Gasteiger partial charge on any atom is 0.407 e. The summed E-state index contributed by atoms with van der Waals surface area (Å²) < 4.78 is 11.6. The number of amides is 1. The first-order valence-corrected chi connectivity index (χ1v) is 8.79. The molecule has 0 bridgehead atoms. The molecule has 5 nitrogen and oxygen atoms in total. The molecule has 0 fully saturated rings. The van der Waals surface area contributed by atoms with E-state index in [1.807, 2.05) is 18.2 Å². The number of fused-ring (bicyclic) bond motifs is 1.